The smallest absolute Gasteiger partial charge is 0.326 e. The van der Waals surface area contributed by atoms with Crippen molar-refractivity contribution in [1.29, 1.82) is 0 Å². The zero-order chi connectivity index (χ0) is 15.0. The Balaban J connectivity index is 1.77. The number of carboxylic acids is 1. The van der Waals surface area contributed by atoms with Crippen LogP contribution in [0.3, 0.4) is 0 Å². The van der Waals surface area contributed by atoms with Gasteiger partial charge in [-0.2, -0.15) is 0 Å². The second kappa shape index (κ2) is 5.06. The molecule has 3 rings (SSSR count). The van der Waals surface area contributed by atoms with Gasteiger partial charge in [-0.1, -0.05) is 25.1 Å². The zero-order valence-corrected chi connectivity index (χ0v) is 12.0. The molecule has 1 spiro atoms. The number of amides is 1. The number of fused-ring (bicyclic) bond motifs is 2. The van der Waals surface area contributed by atoms with Crippen LogP contribution in [-0.4, -0.2) is 29.6 Å². The fraction of sp³-hybridized carbons (Fsp3) is 0.500. The Morgan fingerprint density at radius 1 is 1.48 bits per heavy atom. The van der Waals surface area contributed by atoms with Crippen molar-refractivity contribution in [2.24, 2.45) is 5.92 Å². The maximum absolute atomic E-state index is 12.3. The van der Waals surface area contributed by atoms with Crippen LogP contribution in [-0.2, 0) is 15.0 Å². The number of aliphatic carboxylic acids is 1. The molecule has 1 amide bonds. The molecule has 1 unspecified atom stereocenters. The molecule has 2 N–H and O–H groups in total. The zero-order valence-electron chi connectivity index (χ0n) is 12.0. The monoisotopic (exact) mass is 289 g/mol. The van der Waals surface area contributed by atoms with Gasteiger partial charge in [0.2, 0.25) is 5.91 Å². The summed E-state index contributed by atoms with van der Waals surface area (Å²) in [7, 11) is 0. The molecule has 0 bridgehead atoms. The van der Waals surface area contributed by atoms with E-state index in [1.165, 1.54) is 0 Å². The second-order valence-electron chi connectivity index (χ2n) is 5.82. The van der Waals surface area contributed by atoms with E-state index in [-0.39, 0.29) is 17.2 Å². The molecule has 1 aliphatic heterocycles. The highest BCUT2D eigenvalue weighted by Gasteiger charge is 2.61. The second-order valence-corrected chi connectivity index (χ2v) is 5.82. The van der Waals surface area contributed by atoms with Gasteiger partial charge in [0, 0.05) is 16.9 Å². The molecule has 3 atom stereocenters. The van der Waals surface area contributed by atoms with Crippen molar-refractivity contribution in [1.82, 2.24) is 5.32 Å². The molecule has 1 saturated carbocycles. The van der Waals surface area contributed by atoms with Gasteiger partial charge in [-0.3, -0.25) is 4.79 Å². The Hall–Kier alpha value is -2.04. The van der Waals surface area contributed by atoms with Crippen molar-refractivity contribution in [3.8, 4) is 5.75 Å². The number of carbonyl (C=O) groups is 2. The molecule has 2 aliphatic rings. The first kappa shape index (κ1) is 13.9. The molecule has 1 aliphatic carbocycles. The number of carboxylic acid groups (broad SMARTS) is 1. The van der Waals surface area contributed by atoms with Crippen molar-refractivity contribution in [2.75, 3.05) is 6.61 Å². The quantitative estimate of drug-likeness (QED) is 0.884. The first-order valence-corrected chi connectivity index (χ1v) is 7.34. The topological polar surface area (TPSA) is 75.6 Å². The SMILES string of the molecule is CCC(NC(=O)[C@@H]1C[C@]12CCOc1ccccc12)C(=O)O. The highest BCUT2D eigenvalue weighted by atomic mass is 16.5. The van der Waals surface area contributed by atoms with Crippen LogP contribution in [0.2, 0.25) is 0 Å². The summed E-state index contributed by atoms with van der Waals surface area (Å²) < 4.78 is 5.64. The predicted octanol–water partition coefficient (Wildman–Crippen LogP) is 1.71. The van der Waals surface area contributed by atoms with Crippen LogP contribution in [0.25, 0.3) is 0 Å². The molecule has 1 heterocycles. The summed E-state index contributed by atoms with van der Waals surface area (Å²) in [5.74, 6) is -0.422. The standard InChI is InChI=1S/C16H19NO4/c1-2-12(15(19)20)17-14(18)11-9-16(11)7-8-21-13-6-4-3-5-10(13)16/h3-6,11-12H,2,7-9H2,1H3,(H,17,18)(H,19,20)/t11-,12?,16-/m0/s1. The normalized spacial score (nSPS) is 27.4. The van der Waals surface area contributed by atoms with Crippen LogP contribution in [0.4, 0.5) is 0 Å². The van der Waals surface area contributed by atoms with Crippen molar-refractivity contribution in [3.63, 3.8) is 0 Å². The summed E-state index contributed by atoms with van der Waals surface area (Å²) in [6, 6.07) is 7.01. The lowest BCUT2D eigenvalue weighted by Gasteiger charge is -2.27. The summed E-state index contributed by atoms with van der Waals surface area (Å²) in [6.07, 6.45) is 1.97. The molecule has 21 heavy (non-hydrogen) atoms. The summed E-state index contributed by atoms with van der Waals surface area (Å²) in [6.45, 7) is 2.36. The van der Waals surface area contributed by atoms with Gasteiger partial charge in [-0.05, 0) is 25.3 Å². The Labute approximate surface area is 123 Å². The molecule has 1 fully saturated rings. The van der Waals surface area contributed by atoms with E-state index in [2.05, 4.69) is 5.32 Å². The van der Waals surface area contributed by atoms with Gasteiger partial charge in [0.25, 0.3) is 0 Å². The van der Waals surface area contributed by atoms with E-state index in [9.17, 15) is 9.59 Å². The Morgan fingerprint density at radius 2 is 2.24 bits per heavy atom. The van der Waals surface area contributed by atoms with Crippen LogP contribution < -0.4 is 10.1 Å². The van der Waals surface area contributed by atoms with Crippen LogP contribution in [0.5, 0.6) is 5.75 Å². The Morgan fingerprint density at radius 3 is 2.95 bits per heavy atom. The average molecular weight is 289 g/mol. The molecule has 0 radical (unpaired) electrons. The average Bonchev–Trinajstić information content (AvgIpc) is 3.20. The Kier molecular flexibility index (Phi) is 3.35. The fourth-order valence-electron chi connectivity index (χ4n) is 3.32. The van der Waals surface area contributed by atoms with Crippen molar-refractivity contribution in [3.05, 3.63) is 29.8 Å². The summed E-state index contributed by atoms with van der Waals surface area (Å²) in [5.41, 5.74) is 0.926. The van der Waals surface area contributed by atoms with E-state index in [0.717, 1.165) is 24.2 Å². The van der Waals surface area contributed by atoms with Crippen molar-refractivity contribution in [2.45, 2.75) is 37.6 Å². The van der Waals surface area contributed by atoms with E-state index in [4.69, 9.17) is 9.84 Å². The van der Waals surface area contributed by atoms with Crippen LogP contribution in [0.1, 0.15) is 31.7 Å². The van der Waals surface area contributed by atoms with Crippen LogP contribution >= 0.6 is 0 Å². The number of hydrogen-bond acceptors (Lipinski definition) is 3. The van der Waals surface area contributed by atoms with Gasteiger partial charge in [0.1, 0.15) is 11.8 Å². The van der Waals surface area contributed by atoms with Gasteiger partial charge < -0.3 is 15.2 Å². The largest absolute Gasteiger partial charge is 0.493 e. The number of ether oxygens (including phenoxy) is 1. The molecule has 0 saturated heterocycles. The summed E-state index contributed by atoms with van der Waals surface area (Å²) in [4.78, 5) is 23.4. The van der Waals surface area contributed by atoms with E-state index in [1.807, 2.05) is 24.3 Å². The molecule has 1 aromatic carbocycles. The molecular weight excluding hydrogens is 270 g/mol. The maximum atomic E-state index is 12.3. The first-order valence-electron chi connectivity index (χ1n) is 7.34. The van der Waals surface area contributed by atoms with Gasteiger partial charge in [0.15, 0.2) is 0 Å². The summed E-state index contributed by atoms with van der Waals surface area (Å²) >= 11 is 0. The number of hydrogen-bond donors (Lipinski definition) is 2. The number of para-hydroxylation sites is 1. The molecular formula is C16H19NO4. The molecule has 5 heteroatoms. The number of benzene rings is 1. The van der Waals surface area contributed by atoms with Crippen LogP contribution in [0.15, 0.2) is 24.3 Å². The van der Waals surface area contributed by atoms with Gasteiger partial charge in [-0.25, -0.2) is 4.79 Å². The minimum absolute atomic E-state index is 0.143. The Bertz CT molecular complexity index is 585. The predicted molar refractivity (Wildman–Crippen MR) is 76.2 cm³/mol. The third kappa shape index (κ3) is 2.26. The van der Waals surface area contributed by atoms with Gasteiger partial charge in [0.05, 0.1) is 6.61 Å². The highest BCUT2D eigenvalue weighted by molar-refractivity contribution is 5.88. The van der Waals surface area contributed by atoms with E-state index in [0.29, 0.717) is 13.0 Å². The minimum Gasteiger partial charge on any atom is -0.493 e. The van der Waals surface area contributed by atoms with Gasteiger partial charge >= 0.3 is 5.97 Å². The van der Waals surface area contributed by atoms with E-state index in [1.54, 1.807) is 6.92 Å². The number of carbonyl (C=O) groups excluding carboxylic acids is 1. The lowest BCUT2D eigenvalue weighted by molar-refractivity contribution is -0.142. The third-order valence-electron chi connectivity index (χ3n) is 4.64. The van der Waals surface area contributed by atoms with Gasteiger partial charge in [-0.15, -0.1) is 0 Å². The molecule has 112 valence electrons. The van der Waals surface area contributed by atoms with E-state index >= 15 is 0 Å². The number of rotatable bonds is 4. The molecule has 0 aromatic heterocycles. The lowest BCUT2D eigenvalue weighted by atomic mass is 9.87. The first-order chi connectivity index (χ1) is 10.1. The summed E-state index contributed by atoms with van der Waals surface area (Å²) in [5, 5.41) is 11.7. The number of nitrogens with one attached hydrogen (secondary N) is 1. The van der Waals surface area contributed by atoms with Crippen molar-refractivity contribution < 1.29 is 19.4 Å². The third-order valence-corrected chi connectivity index (χ3v) is 4.64. The van der Waals surface area contributed by atoms with Crippen molar-refractivity contribution >= 4 is 11.9 Å². The molecule has 1 aromatic rings. The maximum Gasteiger partial charge on any atom is 0.326 e. The lowest BCUT2D eigenvalue weighted by Crippen LogP contribution is -2.42. The minimum atomic E-state index is -0.979. The van der Waals surface area contributed by atoms with Crippen LogP contribution in [0, 0.1) is 5.92 Å². The molecule has 5 nitrogen and oxygen atoms in total. The highest BCUT2D eigenvalue weighted by Crippen LogP contribution is 2.60. The fourth-order valence-corrected chi connectivity index (χ4v) is 3.32. The van der Waals surface area contributed by atoms with E-state index < -0.39 is 12.0 Å².